The van der Waals surface area contributed by atoms with Gasteiger partial charge in [0.1, 0.15) is 17.4 Å². The average Bonchev–Trinajstić information content (AvgIpc) is 2.25. The van der Waals surface area contributed by atoms with Crippen molar-refractivity contribution in [2.45, 2.75) is 45.6 Å². The minimum Gasteiger partial charge on any atom is -0.493 e. The van der Waals surface area contributed by atoms with Gasteiger partial charge in [0.2, 0.25) is 0 Å². The van der Waals surface area contributed by atoms with Crippen LogP contribution in [0.5, 0.6) is 5.75 Å². The minimum atomic E-state index is -0.607. The first-order valence-electron chi connectivity index (χ1n) is 6.71. The highest BCUT2D eigenvalue weighted by atomic mass is 19.1. The molecule has 108 valence electrons. The van der Waals surface area contributed by atoms with E-state index >= 15 is 0 Å². The van der Waals surface area contributed by atoms with Gasteiger partial charge in [-0.1, -0.05) is 0 Å². The molecule has 1 rings (SSSR count). The van der Waals surface area contributed by atoms with Gasteiger partial charge in [0, 0.05) is 23.7 Å². The van der Waals surface area contributed by atoms with E-state index in [0.717, 1.165) is 31.9 Å². The Morgan fingerprint density at radius 2 is 1.63 bits per heavy atom. The Labute approximate surface area is 114 Å². The number of hydrogen-bond donors (Lipinski definition) is 1. The zero-order chi connectivity index (χ0) is 14.3. The number of ether oxygens (including phenoxy) is 1. The van der Waals surface area contributed by atoms with Crippen molar-refractivity contribution in [2.75, 3.05) is 13.2 Å². The van der Waals surface area contributed by atoms with Gasteiger partial charge in [0.05, 0.1) is 6.61 Å². The fourth-order valence-corrected chi connectivity index (χ4v) is 1.67. The molecule has 0 saturated heterocycles. The third-order valence-corrected chi connectivity index (χ3v) is 2.58. The van der Waals surface area contributed by atoms with E-state index in [4.69, 9.17) is 4.74 Å². The number of unbranched alkanes of at least 4 members (excludes halogenated alkanes) is 2. The van der Waals surface area contributed by atoms with E-state index in [1.165, 1.54) is 12.1 Å². The Morgan fingerprint density at radius 3 is 2.21 bits per heavy atom. The summed E-state index contributed by atoms with van der Waals surface area (Å²) in [7, 11) is 0. The van der Waals surface area contributed by atoms with Gasteiger partial charge in [-0.25, -0.2) is 8.78 Å². The Hall–Kier alpha value is -1.16. The zero-order valence-corrected chi connectivity index (χ0v) is 11.9. The molecule has 0 aliphatic heterocycles. The van der Waals surface area contributed by atoms with Crippen molar-refractivity contribution in [3.8, 4) is 5.75 Å². The summed E-state index contributed by atoms with van der Waals surface area (Å²) in [5, 5.41) is 3.41. The van der Waals surface area contributed by atoms with Crippen LogP contribution >= 0.6 is 0 Å². The Bertz CT molecular complexity index is 368. The van der Waals surface area contributed by atoms with Crippen LogP contribution in [0.4, 0.5) is 8.78 Å². The summed E-state index contributed by atoms with van der Waals surface area (Å²) in [5.41, 5.74) is 0.148. The van der Waals surface area contributed by atoms with Crippen LogP contribution in [-0.4, -0.2) is 18.7 Å². The van der Waals surface area contributed by atoms with Crippen LogP contribution in [0.15, 0.2) is 18.2 Å². The van der Waals surface area contributed by atoms with Crippen molar-refractivity contribution in [2.24, 2.45) is 0 Å². The van der Waals surface area contributed by atoms with Gasteiger partial charge in [-0.05, 0) is 46.6 Å². The molecule has 1 aromatic carbocycles. The minimum absolute atomic E-state index is 0.148. The van der Waals surface area contributed by atoms with E-state index in [0.29, 0.717) is 6.61 Å². The summed E-state index contributed by atoms with van der Waals surface area (Å²) in [6.07, 6.45) is 2.98. The normalized spacial score (nSPS) is 11.6. The lowest BCUT2D eigenvalue weighted by molar-refractivity contribution is 0.300. The van der Waals surface area contributed by atoms with Crippen molar-refractivity contribution in [3.05, 3.63) is 29.8 Å². The SMILES string of the molecule is CC(C)(C)NCCCCCOc1cc(F)cc(F)c1. The van der Waals surface area contributed by atoms with Crippen LogP contribution in [0.3, 0.4) is 0 Å². The first-order chi connectivity index (χ1) is 8.87. The van der Waals surface area contributed by atoms with Gasteiger partial charge in [-0.3, -0.25) is 0 Å². The molecule has 0 heterocycles. The molecule has 0 bridgehead atoms. The zero-order valence-electron chi connectivity index (χ0n) is 11.9. The third kappa shape index (κ3) is 7.78. The Balaban J connectivity index is 2.11. The second-order valence-corrected chi connectivity index (χ2v) is 5.69. The molecule has 0 aliphatic carbocycles. The molecule has 1 aromatic rings. The highest BCUT2D eigenvalue weighted by Crippen LogP contribution is 2.15. The fourth-order valence-electron chi connectivity index (χ4n) is 1.67. The summed E-state index contributed by atoms with van der Waals surface area (Å²) in [6.45, 7) is 7.86. The van der Waals surface area contributed by atoms with Crippen molar-refractivity contribution >= 4 is 0 Å². The maximum absolute atomic E-state index is 12.9. The van der Waals surface area contributed by atoms with Crippen LogP contribution in [0.1, 0.15) is 40.0 Å². The first-order valence-corrected chi connectivity index (χ1v) is 6.71. The topological polar surface area (TPSA) is 21.3 Å². The quantitative estimate of drug-likeness (QED) is 0.759. The number of rotatable bonds is 7. The van der Waals surface area contributed by atoms with Gasteiger partial charge >= 0.3 is 0 Å². The second-order valence-electron chi connectivity index (χ2n) is 5.69. The molecule has 0 spiro atoms. The number of halogens is 2. The molecule has 0 fully saturated rings. The van der Waals surface area contributed by atoms with Gasteiger partial charge < -0.3 is 10.1 Å². The monoisotopic (exact) mass is 271 g/mol. The number of hydrogen-bond acceptors (Lipinski definition) is 2. The molecular weight excluding hydrogens is 248 g/mol. The third-order valence-electron chi connectivity index (χ3n) is 2.58. The molecule has 0 amide bonds. The molecule has 0 aliphatic rings. The molecule has 0 unspecified atom stereocenters. The van der Waals surface area contributed by atoms with Crippen molar-refractivity contribution in [3.63, 3.8) is 0 Å². The highest BCUT2D eigenvalue weighted by Gasteiger charge is 2.07. The molecule has 0 saturated carbocycles. The lowest BCUT2D eigenvalue weighted by Crippen LogP contribution is -2.36. The molecule has 19 heavy (non-hydrogen) atoms. The second kappa shape index (κ2) is 7.43. The largest absolute Gasteiger partial charge is 0.493 e. The van der Waals surface area contributed by atoms with E-state index in [1.807, 2.05) is 0 Å². The van der Waals surface area contributed by atoms with Crippen LogP contribution in [-0.2, 0) is 0 Å². The summed E-state index contributed by atoms with van der Waals surface area (Å²) < 4.78 is 31.1. The summed E-state index contributed by atoms with van der Waals surface area (Å²) in [4.78, 5) is 0. The lowest BCUT2D eigenvalue weighted by atomic mass is 10.1. The summed E-state index contributed by atoms with van der Waals surface area (Å²) >= 11 is 0. The van der Waals surface area contributed by atoms with Gasteiger partial charge in [0.15, 0.2) is 0 Å². The van der Waals surface area contributed by atoms with E-state index < -0.39 is 11.6 Å². The molecule has 2 nitrogen and oxygen atoms in total. The van der Waals surface area contributed by atoms with E-state index in [-0.39, 0.29) is 11.3 Å². The fraction of sp³-hybridized carbons (Fsp3) is 0.600. The maximum Gasteiger partial charge on any atom is 0.129 e. The van der Waals surface area contributed by atoms with Gasteiger partial charge in [-0.15, -0.1) is 0 Å². The molecule has 0 radical (unpaired) electrons. The van der Waals surface area contributed by atoms with Crippen molar-refractivity contribution < 1.29 is 13.5 Å². The van der Waals surface area contributed by atoms with Gasteiger partial charge in [0.25, 0.3) is 0 Å². The average molecular weight is 271 g/mol. The maximum atomic E-state index is 12.9. The molecular formula is C15H23F2NO. The summed E-state index contributed by atoms with van der Waals surface area (Å²) in [6, 6.07) is 3.24. The van der Waals surface area contributed by atoms with Crippen LogP contribution < -0.4 is 10.1 Å². The standard InChI is InChI=1S/C15H23F2NO/c1-15(2,3)18-7-5-4-6-8-19-14-10-12(16)9-13(17)11-14/h9-11,18H,4-8H2,1-3H3. The van der Waals surface area contributed by atoms with E-state index in [1.54, 1.807) is 0 Å². The smallest absolute Gasteiger partial charge is 0.129 e. The van der Waals surface area contributed by atoms with Crippen LogP contribution in [0.2, 0.25) is 0 Å². The van der Waals surface area contributed by atoms with Crippen molar-refractivity contribution in [1.82, 2.24) is 5.32 Å². The Morgan fingerprint density at radius 1 is 1.00 bits per heavy atom. The van der Waals surface area contributed by atoms with Crippen molar-refractivity contribution in [1.29, 1.82) is 0 Å². The molecule has 0 aromatic heterocycles. The Kier molecular flexibility index (Phi) is 6.22. The number of nitrogens with one attached hydrogen (secondary N) is 1. The molecule has 4 heteroatoms. The van der Waals surface area contributed by atoms with E-state index in [9.17, 15) is 8.78 Å². The first kappa shape index (κ1) is 15.9. The summed E-state index contributed by atoms with van der Waals surface area (Å²) in [5.74, 6) is -0.959. The predicted molar refractivity (Wildman–Crippen MR) is 73.5 cm³/mol. The van der Waals surface area contributed by atoms with Gasteiger partial charge in [-0.2, -0.15) is 0 Å². The molecule has 1 N–H and O–H groups in total. The predicted octanol–water partition coefficient (Wildman–Crippen LogP) is 3.90. The van der Waals surface area contributed by atoms with Crippen LogP contribution in [0.25, 0.3) is 0 Å². The number of benzene rings is 1. The van der Waals surface area contributed by atoms with E-state index in [2.05, 4.69) is 26.1 Å². The van der Waals surface area contributed by atoms with Crippen LogP contribution in [0, 0.1) is 11.6 Å². The lowest BCUT2D eigenvalue weighted by Gasteiger charge is -2.20. The highest BCUT2D eigenvalue weighted by molar-refractivity contribution is 5.23. The molecule has 0 atom stereocenters.